The lowest BCUT2D eigenvalue weighted by Gasteiger charge is -1.87. The third kappa shape index (κ3) is 0.955. The van der Waals surface area contributed by atoms with Crippen molar-refractivity contribution in [2.45, 2.75) is 0 Å². The van der Waals surface area contributed by atoms with Crippen LogP contribution < -0.4 is 10.6 Å². The first kappa shape index (κ1) is 6.91. The average molecular weight is 159 g/mol. The van der Waals surface area contributed by atoms with Crippen molar-refractivity contribution in [3.8, 4) is 11.4 Å². The first-order chi connectivity index (χ1) is 5.77. The molecule has 0 unspecified atom stereocenters. The van der Waals surface area contributed by atoms with Gasteiger partial charge in [0.25, 0.3) is 0 Å². The summed E-state index contributed by atoms with van der Waals surface area (Å²) < 4.78 is 0. The van der Waals surface area contributed by atoms with Gasteiger partial charge in [0, 0.05) is 5.35 Å². The Morgan fingerprint density at radius 2 is 2.08 bits per heavy atom. The fourth-order valence-corrected chi connectivity index (χ4v) is 1.09. The lowest BCUT2D eigenvalue weighted by atomic mass is 10.3. The monoisotopic (exact) mass is 159 g/mol. The maximum absolute atomic E-state index is 3.92. The minimum absolute atomic E-state index is 0.847. The van der Waals surface area contributed by atoms with Gasteiger partial charge in [-0.2, -0.15) is 0 Å². The van der Waals surface area contributed by atoms with Gasteiger partial charge >= 0.3 is 0 Å². The summed E-state index contributed by atoms with van der Waals surface area (Å²) in [4.78, 5) is 10.0. The number of aromatic amines is 2. The quantitative estimate of drug-likeness (QED) is 0.614. The van der Waals surface area contributed by atoms with Gasteiger partial charge in [0.2, 0.25) is 0 Å². The second-order valence-corrected chi connectivity index (χ2v) is 2.65. The van der Waals surface area contributed by atoms with Gasteiger partial charge in [-0.15, -0.1) is 0 Å². The Morgan fingerprint density at radius 3 is 2.58 bits per heavy atom. The topological polar surface area (TPSA) is 44.5 Å². The van der Waals surface area contributed by atoms with E-state index in [-0.39, 0.29) is 0 Å². The van der Waals surface area contributed by atoms with Gasteiger partial charge in [-0.1, -0.05) is 13.2 Å². The van der Waals surface area contributed by atoms with Crippen LogP contribution in [0.5, 0.6) is 0 Å². The molecule has 12 heavy (non-hydrogen) atoms. The number of aromatic nitrogens is 3. The van der Waals surface area contributed by atoms with Crippen LogP contribution in [-0.2, 0) is 0 Å². The highest BCUT2D eigenvalue weighted by molar-refractivity contribution is 5.53. The molecule has 0 fully saturated rings. The number of nitrogens with one attached hydrogen (secondary N) is 2. The van der Waals surface area contributed by atoms with Gasteiger partial charge in [-0.25, -0.2) is 4.98 Å². The second kappa shape index (κ2) is 2.37. The smallest absolute Gasteiger partial charge is 0.0924 e. The van der Waals surface area contributed by atoms with E-state index in [0.29, 0.717) is 0 Å². The lowest BCUT2D eigenvalue weighted by Crippen LogP contribution is -2.17. The number of imidazole rings is 1. The number of hydrogen-bond acceptors (Lipinski definition) is 1. The molecule has 3 heteroatoms. The molecule has 2 rings (SSSR count). The highest BCUT2D eigenvalue weighted by Crippen LogP contribution is 2.07. The SMILES string of the molecule is C=c1cc(-c2cnc[nH]2)[nH]c1=C. The van der Waals surface area contributed by atoms with Crippen LogP contribution in [-0.4, -0.2) is 15.0 Å². The molecule has 2 aromatic heterocycles. The Hall–Kier alpha value is -1.77. The Balaban J connectivity index is 2.63. The summed E-state index contributed by atoms with van der Waals surface area (Å²) in [6.07, 6.45) is 3.40. The van der Waals surface area contributed by atoms with Gasteiger partial charge in [0.15, 0.2) is 0 Å². The molecule has 0 aliphatic carbocycles. The molecule has 0 amide bonds. The predicted molar refractivity (Wildman–Crippen MR) is 48.7 cm³/mol. The van der Waals surface area contributed by atoms with E-state index in [9.17, 15) is 0 Å². The highest BCUT2D eigenvalue weighted by atomic mass is 14.9. The molecule has 0 saturated carbocycles. The predicted octanol–water partition coefficient (Wildman–Crippen LogP) is 0.225. The van der Waals surface area contributed by atoms with Gasteiger partial charge in [-0.05, 0) is 11.3 Å². The van der Waals surface area contributed by atoms with Crippen molar-refractivity contribution in [1.82, 2.24) is 15.0 Å². The molecule has 60 valence electrons. The summed E-state index contributed by atoms with van der Waals surface area (Å²) in [6.45, 7) is 7.62. The summed E-state index contributed by atoms with van der Waals surface area (Å²) in [5, 5.41) is 1.76. The molecule has 0 spiro atoms. The fraction of sp³-hybridized carbons (Fsp3) is 0. The molecule has 0 atom stereocenters. The second-order valence-electron chi connectivity index (χ2n) is 2.65. The maximum Gasteiger partial charge on any atom is 0.0924 e. The van der Waals surface area contributed by atoms with Gasteiger partial charge in [0.05, 0.1) is 23.9 Å². The molecular formula is C9H9N3. The van der Waals surface area contributed by atoms with Gasteiger partial charge in [-0.3, -0.25) is 0 Å². The molecule has 0 aliphatic rings. The van der Waals surface area contributed by atoms with E-state index < -0.39 is 0 Å². The number of nitrogens with zero attached hydrogens (tertiary/aromatic N) is 1. The van der Waals surface area contributed by atoms with E-state index >= 15 is 0 Å². The summed E-state index contributed by atoms with van der Waals surface area (Å²) in [7, 11) is 0. The number of hydrogen-bond donors (Lipinski definition) is 2. The molecule has 0 saturated heterocycles. The van der Waals surface area contributed by atoms with Crippen molar-refractivity contribution in [3.05, 3.63) is 29.2 Å². The minimum Gasteiger partial charge on any atom is -0.354 e. The Morgan fingerprint density at radius 1 is 1.25 bits per heavy atom. The zero-order valence-corrected chi connectivity index (χ0v) is 6.59. The largest absolute Gasteiger partial charge is 0.354 e. The van der Waals surface area contributed by atoms with Crippen molar-refractivity contribution in [2.75, 3.05) is 0 Å². The molecule has 2 aromatic rings. The van der Waals surface area contributed by atoms with Crippen molar-refractivity contribution in [3.63, 3.8) is 0 Å². The van der Waals surface area contributed by atoms with Crippen molar-refractivity contribution in [1.29, 1.82) is 0 Å². The molecule has 0 radical (unpaired) electrons. The Bertz CT molecular complexity index is 437. The first-order valence-corrected chi connectivity index (χ1v) is 3.63. The van der Waals surface area contributed by atoms with Crippen LogP contribution in [0, 0.1) is 0 Å². The van der Waals surface area contributed by atoms with E-state index in [1.807, 2.05) is 6.07 Å². The third-order valence-corrected chi connectivity index (χ3v) is 1.78. The molecule has 0 aliphatic heterocycles. The van der Waals surface area contributed by atoms with Crippen LogP contribution in [0.2, 0.25) is 0 Å². The van der Waals surface area contributed by atoms with Crippen molar-refractivity contribution in [2.24, 2.45) is 0 Å². The zero-order valence-electron chi connectivity index (χ0n) is 6.59. The molecule has 3 nitrogen and oxygen atoms in total. The van der Waals surface area contributed by atoms with Crippen molar-refractivity contribution >= 4 is 13.2 Å². The molecule has 2 heterocycles. The van der Waals surface area contributed by atoms with Crippen LogP contribution in [0.15, 0.2) is 18.6 Å². The van der Waals surface area contributed by atoms with E-state index in [2.05, 4.69) is 28.1 Å². The number of rotatable bonds is 1. The lowest BCUT2D eigenvalue weighted by molar-refractivity contribution is 1.28. The van der Waals surface area contributed by atoms with Gasteiger partial charge in [0.1, 0.15) is 0 Å². The molecule has 0 aromatic carbocycles. The van der Waals surface area contributed by atoms with E-state index in [1.54, 1.807) is 12.5 Å². The first-order valence-electron chi connectivity index (χ1n) is 3.63. The van der Waals surface area contributed by atoms with Crippen LogP contribution in [0.4, 0.5) is 0 Å². The van der Waals surface area contributed by atoms with Crippen LogP contribution in [0.25, 0.3) is 24.5 Å². The summed E-state index contributed by atoms with van der Waals surface area (Å²) in [5.41, 5.74) is 1.93. The molecular weight excluding hydrogens is 150 g/mol. The maximum atomic E-state index is 3.92. The van der Waals surface area contributed by atoms with Crippen LogP contribution >= 0.6 is 0 Å². The summed E-state index contributed by atoms with van der Waals surface area (Å²) in [5.74, 6) is 0. The standard InChI is InChI=1S/C9H9N3/c1-6-3-8(12-7(6)2)9-4-10-5-11-9/h3-5,12H,1-2H2,(H,10,11). The fourth-order valence-electron chi connectivity index (χ4n) is 1.09. The van der Waals surface area contributed by atoms with E-state index in [4.69, 9.17) is 0 Å². The minimum atomic E-state index is 0.847. The Kier molecular flexibility index (Phi) is 1.37. The summed E-state index contributed by atoms with van der Waals surface area (Å²) >= 11 is 0. The Labute approximate surface area is 69.5 Å². The van der Waals surface area contributed by atoms with Crippen molar-refractivity contribution < 1.29 is 0 Å². The third-order valence-electron chi connectivity index (χ3n) is 1.78. The highest BCUT2D eigenvalue weighted by Gasteiger charge is 1.98. The number of H-pyrrole nitrogens is 2. The van der Waals surface area contributed by atoms with Crippen LogP contribution in [0.1, 0.15) is 0 Å². The molecule has 0 bridgehead atoms. The average Bonchev–Trinajstić information content (AvgIpc) is 2.61. The molecule has 2 N–H and O–H groups in total. The summed E-state index contributed by atoms with van der Waals surface area (Å²) in [6, 6.07) is 1.94. The van der Waals surface area contributed by atoms with Gasteiger partial charge < -0.3 is 9.97 Å². The van der Waals surface area contributed by atoms with E-state index in [1.165, 1.54) is 0 Å². The van der Waals surface area contributed by atoms with Crippen LogP contribution in [0.3, 0.4) is 0 Å². The van der Waals surface area contributed by atoms with E-state index in [0.717, 1.165) is 22.0 Å². The zero-order chi connectivity index (χ0) is 8.55. The normalized spacial score (nSPS) is 10.3.